The molecule has 138 valence electrons. The Bertz CT molecular complexity index is 1210. The maximum atomic E-state index is 13.4. The Balaban J connectivity index is 1.46. The van der Waals surface area contributed by atoms with Crippen molar-refractivity contribution in [3.63, 3.8) is 0 Å². The molecule has 1 fully saturated rings. The molecule has 1 aliphatic heterocycles. The second-order valence-electron chi connectivity index (χ2n) is 6.94. The minimum Gasteiger partial charge on any atom is -0.341 e. The summed E-state index contributed by atoms with van der Waals surface area (Å²) in [5.74, 6) is 1.56. The summed E-state index contributed by atoms with van der Waals surface area (Å²) in [6, 6.07) is 6.18. The van der Waals surface area contributed by atoms with Gasteiger partial charge in [0.15, 0.2) is 0 Å². The van der Waals surface area contributed by atoms with Gasteiger partial charge in [-0.25, -0.2) is 14.4 Å². The molecule has 4 aromatic rings. The van der Waals surface area contributed by atoms with Crippen LogP contribution in [0.3, 0.4) is 0 Å². The molecule has 0 amide bonds. The van der Waals surface area contributed by atoms with Gasteiger partial charge in [-0.1, -0.05) is 0 Å². The Morgan fingerprint density at radius 2 is 2.15 bits per heavy atom. The number of halogens is 1. The topological polar surface area (TPSA) is 95.0 Å². The number of benzene rings is 1. The fourth-order valence-electron chi connectivity index (χ4n) is 3.81. The first-order valence-electron chi connectivity index (χ1n) is 8.91. The average molecular weight is 367 g/mol. The van der Waals surface area contributed by atoms with Crippen molar-refractivity contribution in [1.82, 2.24) is 34.4 Å². The number of aryl methyl sites for hydroxylation is 1. The second kappa shape index (κ2) is 5.98. The first kappa shape index (κ1) is 16.1. The van der Waals surface area contributed by atoms with E-state index in [-0.39, 0.29) is 17.4 Å². The molecule has 1 atom stereocenters. The molecule has 1 aromatic carbocycles. The predicted molar refractivity (Wildman–Crippen MR) is 96.8 cm³/mol. The molecule has 3 aromatic heterocycles. The third-order valence-corrected chi connectivity index (χ3v) is 5.00. The normalized spacial score (nSPS) is 18.1. The fraction of sp³-hybridized carbons (Fsp3) is 0.333. The van der Waals surface area contributed by atoms with Crippen LogP contribution in [-0.4, -0.2) is 41.0 Å². The highest BCUT2D eigenvalue weighted by Crippen LogP contribution is 2.32. The second-order valence-corrected chi connectivity index (χ2v) is 6.94. The van der Waals surface area contributed by atoms with Crippen molar-refractivity contribution < 1.29 is 4.39 Å². The van der Waals surface area contributed by atoms with Crippen LogP contribution in [0.4, 0.5) is 4.39 Å². The molecule has 1 saturated heterocycles. The Hall–Kier alpha value is -3.07. The van der Waals surface area contributed by atoms with Gasteiger partial charge in [-0.15, -0.1) is 0 Å². The molecule has 2 N–H and O–H groups in total. The summed E-state index contributed by atoms with van der Waals surface area (Å²) in [6.45, 7) is 3.21. The molecule has 0 spiro atoms. The molecule has 0 saturated carbocycles. The largest absolute Gasteiger partial charge is 0.341 e. The number of nitrogens with one attached hydrogen (secondary N) is 2. The lowest BCUT2D eigenvalue weighted by atomic mass is 10.2. The third-order valence-electron chi connectivity index (χ3n) is 5.00. The molecule has 0 radical (unpaired) electrons. The Morgan fingerprint density at radius 3 is 3.04 bits per heavy atom. The molecule has 0 aliphatic carbocycles. The van der Waals surface area contributed by atoms with Gasteiger partial charge in [-0.05, 0) is 44.5 Å². The van der Waals surface area contributed by atoms with Gasteiger partial charge in [0.25, 0.3) is 11.3 Å². The van der Waals surface area contributed by atoms with Crippen LogP contribution >= 0.6 is 0 Å². The van der Waals surface area contributed by atoms with Crippen molar-refractivity contribution in [2.24, 2.45) is 0 Å². The minimum atomic E-state index is -0.284. The number of fused-ring (bicyclic) bond motifs is 2. The van der Waals surface area contributed by atoms with Crippen molar-refractivity contribution in [2.75, 3.05) is 6.54 Å². The van der Waals surface area contributed by atoms with Gasteiger partial charge in [-0.3, -0.25) is 14.8 Å². The molecule has 4 heterocycles. The number of imidazole rings is 1. The minimum absolute atomic E-state index is 0.0848. The fourth-order valence-corrected chi connectivity index (χ4v) is 3.81. The van der Waals surface area contributed by atoms with Crippen LogP contribution in [0.25, 0.3) is 16.8 Å². The summed E-state index contributed by atoms with van der Waals surface area (Å²) in [7, 11) is 0. The van der Waals surface area contributed by atoms with Crippen LogP contribution in [0, 0.1) is 12.7 Å². The first-order valence-corrected chi connectivity index (χ1v) is 8.91. The molecular weight excluding hydrogens is 349 g/mol. The first-order chi connectivity index (χ1) is 13.1. The number of aromatic nitrogens is 6. The van der Waals surface area contributed by atoms with Crippen LogP contribution in [0.1, 0.15) is 36.2 Å². The van der Waals surface area contributed by atoms with E-state index in [2.05, 4.69) is 29.9 Å². The molecule has 0 bridgehead atoms. The highest BCUT2D eigenvalue weighted by molar-refractivity contribution is 5.75. The van der Waals surface area contributed by atoms with E-state index in [9.17, 15) is 9.18 Å². The number of nitrogens with zero attached hydrogens (tertiary/aromatic N) is 5. The predicted octanol–water partition coefficient (Wildman–Crippen LogP) is 2.08. The van der Waals surface area contributed by atoms with Gasteiger partial charge in [0.1, 0.15) is 17.5 Å². The molecule has 5 rings (SSSR count). The standard InChI is InChI=1S/C18H18FN7O/c1-10-20-18-21-12(8-16(27)26(18)24-10)9-25-6-2-3-15(25)17-22-13-5-4-11(19)7-14(13)23-17/h4-5,7-8,15H,2-3,6,9H2,1H3,(H,22,23)(H,20,21,24)/t15-/m0/s1. The van der Waals surface area contributed by atoms with Crippen LogP contribution in [0.2, 0.25) is 0 Å². The van der Waals surface area contributed by atoms with E-state index in [0.717, 1.165) is 30.7 Å². The summed E-state index contributed by atoms with van der Waals surface area (Å²) < 4.78 is 14.8. The van der Waals surface area contributed by atoms with Crippen LogP contribution in [0.5, 0.6) is 0 Å². The third kappa shape index (κ3) is 2.80. The Morgan fingerprint density at radius 1 is 1.26 bits per heavy atom. The maximum Gasteiger partial charge on any atom is 0.274 e. The molecule has 8 nitrogen and oxygen atoms in total. The summed E-state index contributed by atoms with van der Waals surface area (Å²) >= 11 is 0. The number of aromatic amines is 2. The zero-order valence-electron chi connectivity index (χ0n) is 14.7. The van der Waals surface area contributed by atoms with Gasteiger partial charge >= 0.3 is 0 Å². The Labute approximate surface area is 153 Å². The highest BCUT2D eigenvalue weighted by Gasteiger charge is 2.29. The van der Waals surface area contributed by atoms with Crippen molar-refractivity contribution in [3.05, 3.63) is 57.8 Å². The van der Waals surface area contributed by atoms with E-state index in [1.54, 1.807) is 13.0 Å². The van der Waals surface area contributed by atoms with E-state index < -0.39 is 0 Å². The van der Waals surface area contributed by atoms with Gasteiger partial charge < -0.3 is 4.98 Å². The van der Waals surface area contributed by atoms with E-state index in [0.29, 0.717) is 29.4 Å². The van der Waals surface area contributed by atoms with Crippen LogP contribution in [0.15, 0.2) is 29.1 Å². The molecule has 0 unspecified atom stereocenters. The van der Waals surface area contributed by atoms with E-state index >= 15 is 0 Å². The SMILES string of the molecule is Cc1nc2nc(CN3CCC[C@H]3c3nc4ccc(F)cc4[nH]3)cc(=O)n2[nH]1. The summed E-state index contributed by atoms with van der Waals surface area (Å²) in [6.07, 6.45) is 1.98. The van der Waals surface area contributed by atoms with E-state index in [1.165, 1.54) is 22.7 Å². The van der Waals surface area contributed by atoms with Crippen molar-refractivity contribution >= 4 is 16.8 Å². The number of likely N-dealkylation sites (tertiary alicyclic amines) is 1. The van der Waals surface area contributed by atoms with Gasteiger partial charge in [-0.2, -0.15) is 9.50 Å². The van der Waals surface area contributed by atoms with E-state index in [1.807, 2.05) is 0 Å². The smallest absolute Gasteiger partial charge is 0.274 e. The number of rotatable bonds is 3. The van der Waals surface area contributed by atoms with Crippen LogP contribution < -0.4 is 5.56 Å². The number of hydrogen-bond donors (Lipinski definition) is 2. The molecular formula is C18H18FN7O. The lowest BCUT2D eigenvalue weighted by Gasteiger charge is -2.22. The van der Waals surface area contributed by atoms with Crippen molar-refractivity contribution in [3.8, 4) is 0 Å². The van der Waals surface area contributed by atoms with Gasteiger partial charge in [0.05, 0.1) is 22.8 Å². The van der Waals surface area contributed by atoms with Crippen molar-refractivity contribution in [2.45, 2.75) is 32.4 Å². The van der Waals surface area contributed by atoms with Crippen molar-refractivity contribution in [1.29, 1.82) is 0 Å². The van der Waals surface area contributed by atoms with Crippen LogP contribution in [-0.2, 0) is 6.54 Å². The highest BCUT2D eigenvalue weighted by atomic mass is 19.1. The monoisotopic (exact) mass is 367 g/mol. The number of H-pyrrole nitrogens is 2. The zero-order chi connectivity index (χ0) is 18.5. The average Bonchev–Trinajstić information content (AvgIpc) is 3.32. The quantitative estimate of drug-likeness (QED) is 0.578. The van der Waals surface area contributed by atoms with Gasteiger partial charge in [0.2, 0.25) is 0 Å². The summed E-state index contributed by atoms with van der Waals surface area (Å²) in [5, 5.41) is 2.87. The summed E-state index contributed by atoms with van der Waals surface area (Å²) in [5.41, 5.74) is 1.95. The lowest BCUT2D eigenvalue weighted by molar-refractivity contribution is 0.238. The zero-order valence-corrected chi connectivity index (χ0v) is 14.7. The molecule has 27 heavy (non-hydrogen) atoms. The van der Waals surface area contributed by atoms with Gasteiger partial charge in [0, 0.05) is 12.6 Å². The maximum absolute atomic E-state index is 13.4. The summed E-state index contributed by atoms with van der Waals surface area (Å²) in [4.78, 5) is 31.1. The lowest BCUT2D eigenvalue weighted by Crippen LogP contribution is -2.26. The molecule has 1 aliphatic rings. The Kier molecular flexibility index (Phi) is 3.57. The number of hydrogen-bond acceptors (Lipinski definition) is 5. The van der Waals surface area contributed by atoms with E-state index in [4.69, 9.17) is 0 Å². The molecule has 9 heteroatoms.